The van der Waals surface area contributed by atoms with E-state index in [4.69, 9.17) is 14.6 Å². The van der Waals surface area contributed by atoms with Crippen LogP contribution in [0.25, 0.3) is 22.3 Å². The lowest BCUT2D eigenvalue weighted by atomic mass is 9.91. The van der Waals surface area contributed by atoms with Gasteiger partial charge in [0.25, 0.3) is 5.91 Å². The maximum atomic E-state index is 13.2. The molecule has 36 heavy (non-hydrogen) atoms. The molecule has 1 aromatic carbocycles. The van der Waals surface area contributed by atoms with Crippen molar-refractivity contribution >= 4 is 22.8 Å². The molecule has 0 aliphatic heterocycles. The summed E-state index contributed by atoms with van der Waals surface area (Å²) in [5.41, 5.74) is 3.07. The van der Waals surface area contributed by atoms with Crippen molar-refractivity contribution in [1.82, 2.24) is 25.6 Å². The predicted molar refractivity (Wildman–Crippen MR) is 133 cm³/mol. The van der Waals surface area contributed by atoms with Crippen LogP contribution in [-0.2, 0) is 4.79 Å². The number of aromatic nitrogens is 3. The zero-order chi connectivity index (χ0) is 25.1. The highest BCUT2D eigenvalue weighted by molar-refractivity contribution is 6.08. The topological polar surface area (TPSA) is 138 Å². The van der Waals surface area contributed by atoms with Crippen LogP contribution in [0, 0.1) is 5.92 Å². The Morgan fingerprint density at radius 2 is 1.83 bits per heavy atom. The summed E-state index contributed by atoms with van der Waals surface area (Å²) in [6.07, 6.45) is 8.49. The number of hydrogen-bond acceptors (Lipinski definition) is 7. The number of aromatic amines is 1. The molecule has 2 aliphatic carbocycles. The van der Waals surface area contributed by atoms with Crippen molar-refractivity contribution in [3.63, 3.8) is 0 Å². The first kappa shape index (κ1) is 24.1. The van der Waals surface area contributed by atoms with Gasteiger partial charge in [-0.1, -0.05) is 0 Å². The van der Waals surface area contributed by atoms with Crippen molar-refractivity contribution in [3.8, 4) is 22.8 Å². The Kier molecular flexibility index (Phi) is 7.04. The van der Waals surface area contributed by atoms with Crippen molar-refractivity contribution in [1.29, 1.82) is 0 Å². The molecule has 10 nitrogen and oxygen atoms in total. The monoisotopic (exact) mass is 493 g/mol. The largest absolute Gasteiger partial charge is 0.497 e. The number of nitrogens with zero attached hydrogens (tertiary/aromatic N) is 2. The molecule has 0 bridgehead atoms. The van der Waals surface area contributed by atoms with Gasteiger partial charge in [0.1, 0.15) is 35.6 Å². The fourth-order valence-electron chi connectivity index (χ4n) is 4.67. The molecular weight excluding hydrogens is 462 g/mol. The van der Waals surface area contributed by atoms with E-state index in [0.29, 0.717) is 46.3 Å². The fourth-order valence-corrected chi connectivity index (χ4v) is 4.67. The number of carbonyl (C=O) groups excluding carboxylic acids is 2. The third-order valence-electron chi connectivity index (χ3n) is 6.89. The zero-order valence-electron chi connectivity index (χ0n) is 20.3. The molecular formula is C26H31N5O5. The number of rotatable bonds is 9. The molecule has 0 atom stereocenters. The first-order valence-electron chi connectivity index (χ1n) is 12.4. The van der Waals surface area contributed by atoms with E-state index in [9.17, 15) is 9.59 Å². The van der Waals surface area contributed by atoms with Gasteiger partial charge in [-0.25, -0.2) is 9.97 Å². The number of benzene rings is 1. The Bertz CT molecular complexity index is 1250. The minimum atomic E-state index is -0.509. The summed E-state index contributed by atoms with van der Waals surface area (Å²) in [4.78, 5) is 36.7. The summed E-state index contributed by atoms with van der Waals surface area (Å²) in [5, 5.41) is 14.8. The summed E-state index contributed by atoms with van der Waals surface area (Å²) < 4.78 is 11.5. The van der Waals surface area contributed by atoms with E-state index in [1.165, 1.54) is 19.2 Å². The summed E-state index contributed by atoms with van der Waals surface area (Å²) in [6, 6.07) is 5.67. The summed E-state index contributed by atoms with van der Waals surface area (Å²) >= 11 is 0. The predicted octanol–water partition coefficient (Wildman–Crippen LogP) is 2.57. The number of aliphatic hydroxyl groups is 1. The molecule has 0 radical (unpaired) electrons. The van der Waals surface area contributed by atoms with Crippen molar-refractivity contribution in [3.05, 3.63) is 36.3 Å². The Labute approximate surface area is 208 Å². The summed E-state index contributed by atoms with van der Waals surface area (Å²) in [7, 11) is 1.62. The van der Waals surface area contributed by atoms with Crippen molar-refractivity contribution < 1.29 is 24.2 Å². The van der Waals surface area contributed by atoms with Crippen LogP contribution in [-0.4, -0.2) is 64.3 Å². The molecule has 4 N–H and O–H groups in total. The molecule has 0 spiro atoms. The Morgan fingerprint density at radius 1 is 1.08 bits per heavy atom. The van der Waals surface area contributed by atoms with Gasteiger partial charge in [-0.15, -0.1) is 0 Å². The molecule has 2 heterocycles. The molecule has 3 aromatic rings. The molecule has 2 aliphatic rings. The second kappa shape index (κ2) is 10.5. The number of hydrogen-bond donors (Lipinski definition) is 4. The molecule has 10 heteroatoms. The van der Waals surface area contributed by atoms with Crippen LogP contribution < -0.4 is 20.1 Å². The molecule has 0 unspecified atom stereocenters. The van der Waals surface area contributed by atoms with Crippen LogP contribution in [0.5, 0.6) is 11.5 Å². The highest BCUT2D eigenvalue weighted by Gasteiger charge is 2.26. The van der Waals surface area contributed by atoms with Crippen LogP contribution in [0.4, 0.5) is 0 Å². The van der Waals surface area contributed by atoms with E-state index in [0.717, 1.165) is 31.2 Å². The average molecular weight is 494 g/mol. The van der Waals surface area contributed by atoms with Gasteiger partial charge in [-0.3, -0.25) is 9.59 Å². The maximum absolute atomic E-state index is 13.2. The summed E-state index contributed by atoms with van der Waals surface area (Å²) in [5.74, 6) is 1.44. The van der Waals surface area contributed by atoms with E-state index in [1.807, 2.05) is 18.2 Å². The van der Waals surface area contributed by atoms with Crippen LogP contribution in [0.3, 0.4) is 0 Å². The SMILES string of the molecule is COc1ccc(OCC2CC2)c(-c2ncnc3c(C(=O)N[C@H]4CC[C@@H](NC(=O)CO)CC4)c[nH]c23)c1. The van der Waals surface area contributed by atoms with E-state index >= 15 is 0 Å². The minimum absolute atomic E-state index is 0.00634. The van der Waals surface area contributed by atoms with E-state index < -0.39 is 6.61 Å². The smallest absolute Gasteiger partial charge is 0.255 e. The highest BCUT2D eigenvalue weighted by Crippen LogP contribution is 2.37. The lowest BCUT2D eigenvalue weighted by molar-refractivity contribution is -0.124. The van der Waals surface area contributed by atoms with Gasteiger partial charge in [-0.05, 0) is 62.6 Å². The normalized spacial score (nSPS) is 19.6. The van der Waals surface area contributed by atoms with Crippen molar-refractivity contribution in [2.45, 2.75) is 50.6 Å². The average Bonchev–Trinajstić information content (AvgIpc) is 3.63. The van der Waals surface area contributed by atoms with Crippen LogP contribution in [0.2, 0.25) is 0 Å². The molecule has 5 rings (SSSR count). The van der Waals surface area contributed by atoms with Gasteiger partial charge < -0.3 is 30.2 Å². The molecule has 190 valence electrons. The number of nitrogens with one attached hydrogen (secondary N) is 3. The molecule has 2 amide bonds. The number of aliphatic hydroxyl groups excluding tert-OH is 1. The number of ether oxygens (including phenoxy) is 2. The van der Waals surface area contributed by atoms with E-state index in [-0.39, 0.29) is 23.9 Å². The maximum Gasteiger partial charge on any atom is 0.255 e. The Hall–Kier alpha value is -3.66. The van der Waals surface area contributed by atoms with Crippen LogP contribution in [0.15, 0.2) is 30.7 Å². The minimum Gasteiger partial charge on any atom is -0.497 e. The van der Waals surface area contributed by atoms with Crippen molar-refractivity contribution in [2.75, 3.05) is 20.3 Å². The second-order valence-corrected chi connectivity index (χ2v) is 9.51. The van der Waals surface area contributed by atoms with Gasteiger partial charge in [0.2, 0.25) is 5.91 Å². The van der Waals surface area contributed by atoms with E-state index in [1.54, 1.807) is 13.3 Å². The standard InChI is InChI=1S/C26H31N5O5/c1-35-18-8-9-21(36-13-15-2-3-15)19(10-18)23-25-24(29-14-28-23)20(11-27-25)26(34)31-17-6-4-16(5-7-17)30-22(33)12-32/h8-11,14-17,27,32H,2-7,12-13H2,1H3,(H,30,33)(H,31,34)/t16-,17+. The molecule has 2 fully saturated rings. The van der Waals surface area contributed by atoms with Gasteiger partial charge in [0, 0.05) is 23.8 Å². The zero-order valence-corrected chi connectivity index (χ0v) is 20.3. The number of H-pyrrole nitrogens is 1. The summed E-state index contributed by atoms with van der Waals surface area (Å²) in [6.45, 7) is 0.156. The number of fused-ring (bicyclic) bond motifs is 1. The molecule has 2 aromatic heterocycles. The number of amides is 2. The third-order valence-corrected chi connectivity index (χ3v) is 6.89. The highest BCUT2D eigenvalue weighted by atomic mass is 16.5. The van der Waals surface area contributed by atoms with Gasteiger partial charge in [0.05, 0.1) is 24.8 Å². The number of carbonyl (C=O) groups is 2. The van der Waals surface area contributed by atoms with Crippen LogP contribution >= 0.6 is 0 Å². The quantitative estimate of drug-likeness (QED) is 0.359. The Morgan fingerprint density at radius 3 is 2.53 bits per heavy atom. The third kappa shape index (κ3) is 5.28. The van der Waals surface area contributed by atoms with Gasteiger partial charge in [-0.2, -0.15) is 0 Å². The van der Waals surface area contributed by atoms with E-state index in [2.05, 4.69) is 25.6 Å². The Balaban J connectivity index is 1.34. The molecule has 0 saturated heterocycles. The first-order chi connectivity index (χ1) is 17.6. The van der Waals surface area contributed by atoms with Crippen LogP contribution in [0.1, 0.15) is 48.9 Å². The van der Waals surface area contributed by atoms with Gasteiger partial charge >= 0.3 is 0 Å². The van der Waals surface area contributed by atoms with Gasteiger partial charge in [0.15, 0.2) is 0 Å². The first-order valence-corrected chi connectivity index (χ1v) is 12.4. The second-order valence-electron chi connectivity index (χ2n) is 9.51. The molecule has 2 saturated carbocycles. The van der Waals surface area contributed by atoms with Crippen molar-refractivity contribution in [2.24, 2.45) is 5.92 Å². The lowest BCUT2D eigenvalue weighted by Gasteiger charge is -2.29. The number of methoxy groups -OCH3 is 1. The fraction of sp³-hybridized carbons (Fsp3) is 0.462. The lowest BCUT2D eigenvalue weighted by Crippen LogP contribution is -2.44.